The van der Waals surface area contributed by atoms with Gasteiger partial charge in [-0.3, -0.25) is 4.98 Å². The summed E-state index contributed by atoms with van der Waals surface area (Å²) in [7, 11) is 0. The molecule has 3 aromatic rings. The van der Waals surface area contributed by atoms with Crippen LogP contribution in [0.1, 0.15) is 36.8 Å². The Bertz CT molecular complexity index is 886. The molecule has 0 radical (unpaired) electrons. The number of aromatic nitrogens is 1. The highest BCUT2D eigenvalue weighted by Crippen LogP contribution is 2.38. The second-order valence-corrected chi connectivity index (χ2v) is 7.75. The van der Waals surface area contributed by atoms with Crippen molar-refractivity contribution in [1.29, 1.82) is 0 Å². The number of halogens is 1. The second-order valence-electron chi connectivity index (χ2n) is 7.32. The Morgan fingerprint density at radius 3 is 2.62 bits per heavy atom. The minimum atomic E-state index is -0.292. The molecule has 1 aliphatic rings. The first-order chi connectivity index (χ1) is 12.6. The molecule has 0 spiro atoms. The standard InChI is InChI=1S/C22H24ClN3/c23-17-6-7-19-20(10-13-25-21(19)14-17)22(24)11-8-18(9-12-22)26-15-16-4-2-1-3-5-16/h1-7,10,13-14,18,26H,8-9,11-12,15,24H2. The van der Waals surface area contributed by atoms with Gasteiger partial charge in [0.25, 0.3) is 0 Å². The molecule has 4 rings (SSSR count). The molecule has 26 heavy (non-hydrogen) atoms. The summed E-state index contributed by atoms with van der Waals surface area (Å²) in [5.74, 6) is 0. The summed E-state index contributed by atoms with van der Waals surface area (Å²) < 4.78 is 0. The van der Waals surface area contributed by atoms with Crippen LogP contribution in [0.4, 0.5) is 0 Å². The molecule has 1 fully saturated rings. The van der Waals surface area contributed by atoms with Gasteiger partial charge in [-0.2, -0.15) is 0 Å². The van der Waals surface area contributed by atoms with Crippen LogP contribution in [0.5, 0.6) is 0 Å². The summed E-state index contributed by atoms with van der Waals surface area (Å²) in [6.07, 6.45) is 5.96. The van der Waals surface area contributed by atoms with Gasteiger partial charge < -0.3 is 11.1 Å². The molecule has 4 heteroatoms. The van der Waals surface area contributed by atoms with E-state index in [4.69, 9.17) is 17.3 Å². The zero-order valence-corrected chi connectivity index (χ0v) is 15.5. The van der Waals surface area contributed by atoms with Crippen LogP contribution in [0, 0.1) is 0 Å². The number of nitrogens with one attached hydrogen (secondary N) is 1. The Balaban J connectivity index is 1.46. The topological polar surface area (TPSA) is 50.9 Å². The number of nitrogens with two attached hydrogens (primary N) is 1. The average molecular weight is 366 g/mol. The first-order valence-electron chi connectivity index (χ1n) is 9.25. The number of benzene rings is 2. The van der Waals surface area contributed by atoms with E-state index in [0.29, 0.717) is 11.1 Å². The maximum atomic E-state index is 6.87. The number of pyridine rings is 1. The lowest BCUT2D eigenvalue weighted by atomic mass is 9.74. The maximum absolute atomic E-state index is 6.87. The van der Waals surface area contributed by atoms with Crippen LogP contribution in [-0.2, 0) is 12.1 Å². The van der Waals surface area contributed by atoms with Crippen LogP contribution in [0.2, 0.25) is 5.02 Å². The van der Waals surface area contributed by atoms with E-state index in [1.165, 1.54) is 11.1 Å². The van der Waals surface area contributed by atoms with Gasteiger partial charge >= 0.3 is 0 Å². The van der Waals surface area contributed by atoms with Gasteiger partial charge in [-0.15, -0.1) is 0 Å². The molecular weight excluding hydrogens is 342 g/mol. The summed E-state index contributed by atoms with van der Waals surface area (Å²) in [4.78, 5) is 4.45. The second kappa shape index (κ2) is 7.36. The van der Waals surface area contributed by atoms with Crippen LogP contribution in [0.3, 0.4) is 0 Å². The minimum Gasteiger partial charge on any atom is -0.321 e. The van der Waals surface area contributed by atoms with Crippen molar-refractivity contribution >= 4 is 22.5 Å². The normalized spacial score (nSPS) is 23.2. The van der Waals surface area contributed by atoms with E-state index in [2.05, 4.69) is 46.7 Å². The van der Waals surface area contributed by atoms with Crippen LogP contribution < -0.4 is 11.1 Å². The predicted molar refractivity (Wildman–Crippen MR) is 108 cm³/mol. The summed E-state index contributed by atoms with van der Waals surface area (Å²) in [6, 6.07) is 19.0. The molecule has 0 bridgehead atoms. The Kier molecular flexibility index (Phi) is 4.94. The van der Waals surface area contributed by atoms with Gasteiger partial charge in [0.2, 0.25) is 0 Å². The van der Waals surface area contributed by atoms with E-state index in [-0.39, 0.29) is 5.54 Å². The smallest absolute Gasteiger partial charge is 0.0720 e. The van der Waals surface area contributed by atoms with Crippen molar-refractivity contribution in [1.82, 2.24) is 10.3 Å². The van der Waals surface area contributed by atoms with Gasteiger partial charge in [0.1, 0.15) is 0 Å². The van der Waals surface area contributed by atoms with Gasteiger partial charge in [-0.1, -0.05) is 48.0 Å². The van der Waals surface area contributed by atoms with E-state index in [1.54, 1.807) is 0 Å². The highest BCUT2D eigenvalue weighted by molar-refractivity contribution is 6.31. The predicted octanol–water partition coefficient (Wildman–Crippen LogP) is 4.77. The zero-order valence-electron chi connectivity index (χ0n) is 14.8. The molecular formula is C22H24ClN3. The van der Waals surface area contributed by atoms with Crippen molar-refractivity contribution in [2.24, 2.45) is 5.73 Å². The summed E-state index contributed by atoms with van der Waals surface area (Å²) in [6.45, 7) is 0.916. The fourth-order valence-corrected chi connectivity index (χ4v) is 4.19. The third-order valence-corrected chi connectivity index (χ3v) is 5.79. The molecule has 0 aliphatic heterocycles. The first kappa shape index (κ1) is 17.5. The Hall–Kier alpha value is -1.94. The van der Waals surface area contributed by atoms with E-state index in [0.717, 1.165) is 43.1 Å². The maximum Gasteiger partial charge on any atom is 0.0720 e. The van der Waals surface area contributed by atoms with Crippen LogP contribution in [-0.4, -0.2) is 11.0 Å². The third kappa shape index (κ3) is 3.61. The van der Waals surface area contributed by atoms with Crippen molar-refractivity contribution in [3.63, 3.8) is 0 Å². The lowest BCUT2D eigenvalue weighted by Crippen LogP contribution is -2.45. The molecule has 134 valence electrons. The van der Waals surface area contributed by atoms with Crippen molar-refractivity contribution in [3.05, 3.63) is 76.9 Å². The quantitative estimate of drug-likeness (QED) is 0.699. The van der Waals surface area contributed by atoms with Crippen LogP contribution in [0.25, 0.3) is 10.9 Å². The number of rotatable bonds is 4. The monoisotopic (exact) mass is 365 g/mol. The van der Waals surface area contributed by atoms with Gasteiger partial charge in [-0.25, -0.2) is 0 Å². The SMILES string of the molecule is NC1(c2ccnc3cc(Cl)ccc23)CCC(NCc2ccccc2)CC1. The van der Waals surface area contributed by atoms with E-state index >= 15 is 0 Å². The van der Waals surface area contributed by atoms with E-state index in [9.17, 15) is 0 Å². The fourth-order valence-electron chi connectivity index (χ4n) is 4.02. The molecule has 1 aliphatic carbocycles. The van der Waals surface area contributed by atoms with Gasteiger partial charge in [0, 0.05) is 34.7 Å². The fraction of sp³-hybridized carbons (Fsp3) is 0.318. The highest BCUT2D eigenvalue weighted by atomic mass is 35.5. The van der Waals surface area contributed by atoms with Gasteiger partial charge in [0.15, 0.2) is 0 Å². The molecule has 0 atom stereocenters. The largest absolute Gasteiger partial charge is 0.321 e. The van der Waals surface area contributed by atoms with Crippen LogP contribution >= 0.6 is 11.6 Å². The molecule has 1 aromatic heterocycles. The minimum absolute atomic E-state index is 0.292. The van der Waals surface area contributed by atoms with Crippen LogP contribution in [0.15, 0.2) is 60.8 Å². The number of hydrogen-bond donors (Lipinski definition) is 2. The summed E-state index contributed by atoms with van der Waals surface area (Å²) in [5, 5.41) is 5.52. The van der Waals surface area contributed by atoms with Gasteiger partial charge in [0.05, 0.1) is 5.52 Å². The zero-order chi connectivity index (χ0) is 18.0. The van der Waals surface area contributed by atoms with E-state index in [1.807, 2.05) is 24.4 Å². The first-order valence-corrected chi connectivity index (χ1v) is 9.63. The number of fused-ring (bicyclic) bond motifs is 1. The summed E-state index contributed by atoms with van der Waals surface area (Å²) in [5.41, 5.74) is 10.0. The molecule has 0 amide bonds. The lowest BCUT2D eigenvalue weighted by Gasteiger charge is -2.38. The van der Waals surface area contributed by atoms with E-state index < -0.39 is 0 Å². The molecule has 3 nitrogen and oxygen atoms in total. The van der Waals surface area contributed by atoms with Crippen molar-refractivity contribution < 1.29 is 0 Å². The number of hydrogen-bond acceptors (Lipinski definition) is 3. The lowest BCUT2D eigenvalue weighted by molar-refractivity contribution is 0.252. The van der Waals surface area contributed by atoms with Crippen molar-refractivity contribution in [2.45, 2.75) is 43.8 Å². The third-order valence-electron chi connectivity index (χ3n) is 5.56. The van der Waals surface area contributed by atoms with Crippen molar-refractivity contribution in [2.75, 3.05) is 0 Å². The summed E-state index contributed by atoms with van der Waals surface area (Å²) >= 11 is 6.12. The van der Waals surface area contributed by atoms with Gasteiger partial charge in [-0.05, 0) is 55.0 Å². The number of nitrogens with zero attached hydrogens (tertiary/aromatic N) is 1. The molecule has 0 saturated heterocycles. The molecule has 1 saturated carbocycles. The van der Waals surface area contributed by atoms with Crippen molar-refractivity contribution in [3.8, 4) is 0 Å². The molecule has 2 aromatic carbocycles. The molecule has 1 heterocycles. The highest BCUT2D eigenvalue weighted by Gasteiger charge is 2.34. The average Bonchev–Trinajstić information content (AvgIpc) is 2.68. The Morgan fingerprint density at radius 1 is 1.08 bits per heavy atom. The Labute approximate surface area is 159 Å². The molecule has 3 N–H and O–H groups in total. The Morgan fingerprint density at radius 2 is 1.85 bits per heavy atom. The molecule has 0 unspecified atom stereocenters.